The van der Waals surface area contributed by atoms with E-state index in [1.165, 1.54) is 5.57 Å². The van der Waals surface area contributed by atoms with Crippen molar-refractivity contribution in [3.63, 3.8) is 0 Å². The van der Waals surface area contributed by atoms with E-state index in [1.807, 2.05) is 36.4 Å². The van der Waals surface area contributed by atoms with Gasteiger partial charge in [0.15, 0.2) is 10.1 Å². The molecule has 112 valence electrons. The Bertz CT molecular complexity index is 559. The maximum Gasteiger partial charge on any atom is 0.161 e. The zero-order chi connectivity index (χ0) is 14.9. The van der Waals surface area contributed by atoms with E-state index < -0.39 is 0 Å². The highest BCUT2D eigenvalue weighted by Crippen LogP contribution is 2.26. The molecule has 0 aliphatic carbocycles. The van der Waals surface area contributed by atoms with Crippen LogP contribution in [0.5, 0.6) is 0 Å². The number of carbonyl (C=O) groups excluding carboxylic acids is 1. The Morgan fingerprint density at radius 2 is 2.00 bits per heavy atom. The first-order chi connectivity index (χ1) is 10.3. The van der Waals surface area contributed by atoms with Crippen LogP contribution in [0, 0.1) is 0 Å². The number of hydrogen-bond donors (Lipinski definition) is 0. The average Bonchev–Trinajstić information content (AvgIpc) is 2.55. The van der Waals surface area contributed by atoms with Crippen molar-refractivity contribution in [2.75, 3.05) is 13.2 Å². The van der Waals surface area contributed by atoms with E-state index in [2.05, 4.69) is 10.9 Å². The highest BCUT2D eigenvalue weighted by molar-refractivity contribution is 14.2. The lowest BCUT2D eigenvalue weighted by Gasteiger charge is -2.12. The summed E-state index contributed by atoms with van der Waals surface area (Å²) in [5, 5.41) is 0. The lowest BCUT2D eigenvalue weighted by Crippen LogP contribution is -2.05. The van der Waals surface area contributed by atoms with Crippen molar-refractivity contribution in [2.45, 2.75) is 20.0 Å². The molecule has 4 heteroatoms. The predicted molar refractivity (Wildman–Crippen MR) is 93.6 cm³/mol. The van der Waals surface area contributed by atoms with E-state index >= 15 is 0 Å². The van der Waals surface area contributed by atoms with Gasteiger partial charge in [0, 0.05) is 0 Å². The Labute approximate surface area is 135 Å². The molecular formula is C17H19IO3. The molecule has 0 radical (unpaired) electrons. The Balaban J connectivity index is 1.76. The summed E-state index contributed by atoms with van der Waals surface area (Å²) < 4.78 is 14.4. The normalized spacial score (nSPS) is 14.4. The summed E-state index contributed by atoms with van der Waals surface area (Å²) in [6.07, 6.45) is 3.78. The largest absolute Gasteiger partial charge is 0.485 e. The first-order valence-corrected chi connectivity index (χ1v) is 9.27. The van der Waals surface area contributed by atoms with Crippen molar-refractivity contribution in [1.29, 1.82) is 0 Å². The second kappa shape index (κ2) is 8.89. The van der Waals surface area contributed by atoms with E-state index in [-0.39, 0.29) is 20.7 Å². The second-order valence-electron chi connectivity index (χ2n) is 4.52. The maximum absolute atomic E-state index is 11.1. The van der Waals surface area contributed by atoms with Crippen LogP contribution in [-0.2, 0) is 20.9 Å². The molecule has 21 heavy (non-hydrogen) atoms. The fourth-order valence-electron chi connectivity index (χ4n) is 1.80. The summed E-state index contributed by atoms with van der Waals surface area (Å²) in [4.78, 5) is 11.1. The molecule has 0 saturated heterocycles. The van der Waals surface area contributed by atoms with Gasteiger partial charge in [0.2, 0.25) is 0 Å². The number of rotatable bonds is 8. The minimum Gasteiger partial charge on any atom is -0.485 e. The number of allylic oxidation sites excluding steroid dienone is 3. The van der Waals surface area contributed by atoms with Gasteiger partial charge in [-0.05, 0) is 48.4 Å². The highest BCUT2D eigenvalue weighted by atomic mass is 127. The van der Waals surface area contributed by atoms with E-state index in [1.54, 1.807) is 0 Å². The summed E-state index contributed by atoms with van der Waals surface area (Å²) in [6, 6.07) is 10.0. The van der Waals surface area contributed by atoms with Gasteiger partial charge in [-0.15, -0.1) is 0 Å². The van der Waals surface area contributed by atoms with Crippen LogP contribution in [0.4, 0.5) is 0 Å². The molecule has 0 saturated carbocycles. The molecule has 3 nitrogen and oxygen atoms in total. The molecule has 0 spiro atoms. The lowest BCUT2D eigenvalue weighted by molar-refractivity contribution is -0.104. The standard InChI is InChI=1S/C17H19IO3/c1-2-14-10-16(12-19)17(18-11-14)21-9-8-20-13-15-6-4-3-5-7-15/h3-7,10-12H,2,8-9,13H2,1H3. The van der Waals surface area contributed by atoms with Gasteiger partial charge in [-0.3, -0.25) is 4.79 Å². The van der Waals surface area contributed by atoms with E-state index in [4.69, 9.17) is 9.47 Å². The van der Waals surface area contributed by atoms with Crippen LogP contribution in [0.15, 0.2) is 51.3 Å². The van der Waals surface area contributed by atoms with Gasteiger partial charge in [-0.25, -0.2) is 0 Å². The third kappa shape index (κ3) is 5.21. The van der Waals surface area contributed by atoms with Crippen molar-refractivity contribution in [1.82, 2.24) is 0 Å². The molecule has 0 unspecified atom stereocenters. The molecule has 0 fully saturated rings. The fourth-order valence-corrected chi connectivity index (χ4v) is 4.14. The first kappa shape index (κ1) is 16.1. The van der Waals surface area contributed by atoms with Crippen LogP contribution in [0.2, 0.25) is 0 Å². The number of carbonyl (C=O) groups is 1. The summed E-state index contributed by atoms with van der Waals surface area (Å²) >= 11 is -0.334. The minimum atomic E-state index is -0.334. The SMILES string of the molecule is CCC1=CC(C=O)=C(OCCOCc2ccccc2)I=C1. The van der Waals surface area contributed by atoms with E-state index in [0.717, 1.165) is 22.0 Å². The third-order valence-corrected chi connectivity index (χ3v) is 5.58. The number of benzene rings is 1. The second-order valence-corrected chi connectivity index (χ2v) is 6.75. The van der Waals surface area contributed by atoms with Crippen molar-refractivity contribution in [2.24, 2.45) is 0 Å². The van der Waals surface area contributed by atoms with Crippen LogP contribution in [0.1, 0.15) is 18.9 Å². The fraction of sp³-hybridized carbons (Fsp3) is 0.294. The number of aldehydes is 1. The summed E-state index contributed by atoms with van der Waals surface area (Å²) in [6.45, 7) is 3.70. The monoisotopic (exact) mass is 398 g/mol. The number of hydrogen-bond acceptors (Lipinski definition) is 3. The van der Waals surface area contributed by atoms with Gasteiger partial charge in [0.1, 0.15) is 6.61 Å². The molecule has 1 heterocycles. The topological polar surface area (TPSA) is 35.5 Å². The van der Waals surface area contributed by atoms with Gasteiger partial charge in [0.25, 0.3) is 0 Å². The van der Waals surface area contributed by atoms with Crippen molar-refractivity contribution < 1.29 is 14.3 Å². The van der Waals surface area contributed by atoms with Gasteiger partial charge >= 0.3 is 0 Å². The molecule has 0 bridgehead atoms. The zero-order valence-electron chi connectivity index (χ0n) is 12.0. The summed E-state index contributed by atoms with van der Waals surface area (Å²) in [5.74, 6) is 0. The molecular weight excluding hydrogens is 379 g/mol. The van der Waals surface area contributed by atoms with Crippen LogP contribution in [-0.4, -0.2) is 23.5 Å². The quantitative estimate of drug-likeness (QED) is 0.380. The van der Waals surface area contributed by atoms with Crippen molar-refractivity contribution in [3.8, 4) is 0 Å². The van der Waals surface area contributed by atoms with Crippen LogP contribution in [0.25, 0.3) is 0 Å². The predicted octanol–water partition coefficient (Wildman–Crippen LogP) is 3.75. The van der Waals surface area contributed by atoms with Gasteiger partial charge < -0.3 is 9.47 Å². The van der Waals surface area contributed by atoms with E-state index in [0.29, 0.717) is 25.4 Å². The van der Waals surface area contributed by atoms with Crippen LogP contribution < -0.4 is 0 Å². The summed E-state index contributed by atoms with van der Waals surface area (Å²) in [7, 11) is 0. The molecule has 0 aromatic heterocycles. The summed E-state index contributed by atoms with van der Waals surface area (Å²) in [5.41, 5.74) is 3.09. The van der Waals surface area contributed by atoms with Gasteiger partial charge in [0.05, 0.1) is 18.8 Å². The smallest absolute Gasteiger partial charge is 0.161 e. The molecule has 0 atom stereocenters. The molecule has 2 rings (SSSR count). The molecule has 1 aliphatic rings. The van der Waals surface area contributed by atoms with Crippen LogP contribution in [0.3, 0.4) is 0 Å². The van der Waals surface area contributed by atoms with E-state index in [9.17, 15) is 4.79 Å². The van der Waals surface area contributed by atoms with Crippen molar-refractivity contribution >= 4 is 31.0 Å². The molecule has 1 aliphatic heterocycles. The van der Waals surface area contributed by atoms with Gasteiger partial charge in [-0.2, -0.15) is 0 Å². The maximum atomic E-state index is 11.1. The molecule has 0 N–H and O–H groups in total. The van der Waals surface area contributed by atoms with Crippen molar-refractivity contribution in [3.05, 3.63) is 56.9 Å². The third-order valence-electron chi connectivity index (χ3n) is 2.96. The number of halogens is 1. The van der Waals surface area contributed by atoms with Gasteiger partial charge in [-0.1, -0.05) is 37.3 Å². The Morgan fingerprint density at radius 1 is 1.19 bits per heavy atom. The minimum absolute atomic E-state index is 0.334. The molecule has 1 aromatic carbocycles. The zero-order valence-corrected chi connectivity index (χ0v) is 14.2. The van der Waals surface area contributed by atoms with Crippen LogP contribution >= 0.6 is 20.7 Å². The highest BCUT2D eigenvalue weighted by Gasteiger charge is 2.09. The molecule has 1 aromatic rings. The lowest BCUT2D eigenvalue weighted by atomic mass is 10.1. The average molecular weight is 398 g/mol. The Morgan fingerprint density at radius 3 is 2.71 bits per heavy atom. The number of ether oxygens (including phenoxy) is 2. The Kier molecular flexibility index (Phi) is 6.82. The Hall–Kier alpha value is -1.27. The first-order valence-electron chi connectivity index (χ1n) is 6.94. The molecule has 0 amide bonds.